The van der Waals surface area contributed by atoms with Gasteiger partial charge in [-0.05, 0) is 32.4 Å². The van der Waals surface area contributed by atoms with Gasteiger partial charge in [-0.1, -0.05) is 19.0 Å². The van der Waals surface area contributed by atoms with E-state index in [4.69, 9.17) is 4.52 Å². The lowest BCUT2D eigenvalue weighted by atomic mass is 10.1. The van der Waals surface area contributed by atoms with Crippen LogP contribution in [0.5, 0.6) is 0 Å². The third-order valence-corrected chi connectivity index (χ3v) is 6.99. The number of aromatic nitrogens is 1. The van der Waals surface area contributed by atoms with Crippen molar-refractivity contribution in [3.8, 4) is 0 Å². The minimum Gasteiger partial charge on any atom is -0.361 e. The summed E-state index contributed by atoms with van der Waals surface area (Å²) in [6.07, 6.45) is 1.56. The Labute approximate surface area is 170 Å². The molecule has 0 saturated heterocycles. The number of aliphatic imine (C=N–C) groups is 1. The minimum absolute atomic E-state index is 0.261. The van der Waals surface area contributed by atoms with Crippen LogP contribution in [0.1, 0.15) is 42.7 Å². The van der Waals surface area contributed by atoms with E-state index in [-0.39, 0.29) is 6.54 Å². The molecule has 0 amide bonds. The molecule has 0 bridgehead atoms. The van der Waals surface area contributed by atoms with Crippen LogP contribution in [0.3, 0.4) is 0 Å². The van der Waals surface area contributed by atoms with E-state index in [1.165, 1.54) is 11.3 Å². The molecule has 0 aromatic carbocycles. The minimum atomic E-state index is -3.47. The van der Waals surface area contributed by atoms with E-state index in [0.29, 0.717) is 29.8 Å². The number of guanidine groups is 1. The molecule has 0 fully saturated rings. The zero-order valence-corrected chi connectivity index (χ0v) is 18.5. The predicted molar refractivity (Wildman–Crippen MR) is 112 cm³/mol. The first-order chi connectivity index (χ1) is 13.4. The second-order valence-corrected chi connectivity index (χ2v) is 9.40. The average molecular weight is 428 g/mol. The summed E-state index contributed by atoms with van der Waals surface area (Å²) >= 11 is 1.26. The zero-order chi connectivity index (χ0) is 20.6. The number of nitrogens with zero attached hydrogens (tertiary/aromatic N) is 2. The second kappa shape index (κ2) is 10.6. The highest BCUT2D eigenvalue weighted by molar-refractivity contribution is 7.91. The van der Waals surface area contributed by atoms with Crippen LogP contribution in [0.4, 0.5) is 0 Å². The highest BCUT2D eigenvalue weighted by Gasteiger charge is 2.15. The number of rotatable bonds is 10. The number of hydrogen-bond donors (Lipinski definition) is 3. The molecule has 0 aliphatic carbocycles. The van der Waals surface area contributed by atoms with Crippen molar-refractivity contribution in [3.63, 3.8) is 0 Å². The van der Waals surface area contributed by atoms with Crippen molar-refractivity contribution < 1.29 is 12.9 Å². The molecule has 0 aliphatic rings. The van der Waals surface area contributed by atoms with E-state index >= 15 is 0 Å². The van der Waals surface area contributed by atoms with Crippen LogP contribution in [0.25, 0.3) is 0 Å². The summed E-state index contributed by atoms with van der Waals surface area (Å²) in [6, 6.07) is 3.42. The molecule has 2 aromatic heterocycles. The predicted octanol–water partition coefficient (Wildman–Crippen LogP) is 2.20. The number of thiophene rings is 1. The Hall–Kier alpha value is -1.91. The lowest BCUT2D eigenvalue weighted by molar-refractivity contribution is 0.380. The van der Waals surface area contributed by atoms with Gasteiger partial charge < -0.3 is 15.2 Å². The van der Waals surface area contributed by atoms with Crippen molar-refractivity contribution in [2.45, 2.75) is 51.3 Å². The largest absolute Gasteiger partial charge is 0.361 e. The Morgan fingerprint density at radius 3 is 2.57 bits per heavy atom. The first-order valence-corrected chi connectivity index (χ1v) is 11.8. The van der Waals surface area contributed by atoms with Gasteiger partial charge in [-0.15, -0.1) is 11.3 Å². The molecule has 0 unspecified atom stereocenters. The van der Waals surface area contributed by atoms with E-state index in [1.807, 2.05) is 27.7 Å². The van der Waals surface area contributed by atoms with E-state index in [0.717, 1.165) is 34.7 Å². The molecule has 0 saturated carbocycles. The molecule has 0 atom stereocenters. The Morgan fingerprint density at radius 1 is 1.18 bits per heavy atom. The molecule has 2 heterocycles. The molecule has 0 spiro atoms. The highest BCUT2D eigenvalue weighted by Crippen LogP contribution is 2.20. The van der Waals surface area contributed by atoms with E-state index in [2.05, 4.69) is 25.5 Å². The maximum atomic E-state index is 12.2. The van der Waals surface area contributed by atoms with Crippen LogP contribution in [0.15, 0.2) is 25.9 Å². The summed E-state index contributed by atoms with van der Waals surface area (Å²) in [6.45, 7) is 9.77. The first-order valence-electron chi connectivity index (χ1n) is 9.45. The van der Waals surface area contributed by atoms with Gasteiger partial charge in [-0.3, -0.25) is 0 Å². The molecular formula is C18H29N5O3S2. The first kappa shape index (κ1) is 22.4. The number of nitrogens with one attached hydrogen (secondary N) is 3. The molecule has 2 rings (SSSR count). The van der Waals surface area contributed by atoms with Gasteiger partial charge in [0.05, 0.1) is 12.2 Å². The fourth-order valence-corrected chi connectivity index (χ4v) is 4.97. The summed E-state index contributed by atoms with van der Waals surface area (Å²) in [4.78, 5) is 5.55. The maximum Gasteiger partial charge on any atom is 0.250 e. The summed E-state index contributed by atoms with van der Waals surface area (Å²) in [5.41, 5.74) is 1.95. The number of hydrogen-bond acceptors (Lipinski definition) is 6. The van der Waals surface area contributed by atoms with E-state index < -0.39 is 10.0 Å². The fourth-order valence-electron chi connectivity index (χ4n) is 2.61. The number of sulfonamides is 1. The SMILES string of the molecule is CCNC(=NCc1c(CC)noc1CC)NCCNS(=O)(=O)c1ccc(C)s1. The maximum absolute atomic E-state index is 12.2. The lowest BCUT2D eigenvalue weighted by Gasteiger charge is -2.12. The van der Waals surface area contributed by atoms with Crippen molar-refractivity contribution in [2.24, 2.45) is 4.99 Å². The van der Waals surface area contributed by atoms with Crippen molar-refractivity contribution in [1.82, 2.24) is 20.5 Å². The van der Waals surface area contributed by atoms with Crippen LogP contribution in [0.2, 0.25) is 0 Å². The molecule has 3 N–H and O–H groups in total. The summed E-state index contributed by atoms with van der Waals surface area (Å²) in [7, 11) is -3.47. The molecular weight excluding hydrogens is 398 g/mol. The Bertz CT molecular complexity index is 865. The lowest BCUT2D eigenvalue weighted by Crippen LogP contribution is -2.41. The molecule has 0 aliphatic heterocycles. The zero-order valence-electron chi connectivity index (χ0n) is 16.8. The summed E-state index contributed by atoms with van der Waals surface area (Å²) in [5.74, 6) is 1.48. The monoisotopic (exact) mass is 427 g/mol. The van der Waals surface area contributed by atoms with E-state index in [1.54, 1.807) is 12.1 Å². The van der Waals surface area contributed by atoms with Gasteiger partial charge >= 0.3 is 0 Å². The molecule has 0 radical (unpaired) electrons. The van der Waals surface area contributed by atoms with Gasteiger partial charge in [0, 0.05) is 36.5 Å². The Balaban J connectivity index is 1.92. The molecule has 28 heavy (non-hydrogen) atoms. The highest BCUT2D eigenvalue weighted by atomic mass is 32.2. The van der Waals surface area contributed by atoms with Crippen molar-refractivity contribution in [2.75, 3.05) is 19.6 Å². The second-order valence-electron chi connectivity index (χ2n) is 6.12. The smallest absolute Gasteiger partial charge is 0.250 e. The van der Waals surface area contributed by atoms with Crippen LogP contribution in [-0.4, -0.2) is 39.2 Å². The van der Waals surface area contributed by atoms with Crippen LogP contribution in [-0.2, 0) is 29.4 Å². The molecule has 10 heteroatoms. The van der Waals surface area contributed by atoms with Crippen LogP contribution < -0.4 is 15.4 Å². The molecule has 156 valence electrons. The average Bonchev–Trinajstić information content (AvgIpc) is 3.29. The van der Waals surface area contributed by atoms with Gasteiger partial charge in [0.25, 0.3) is 0 Å². The van der Waals surface area contributed by atoms with Crippen molar-refractivity contribution >= 4 is 27.3 Å². The Kier molecular flexibility index (Phi) is 8.46. The van der Waals surface area contributed by atoms with E-state index in [9.17, 15) is 8.42 Å². The van der Waals surface area contributed by atoms with Gasteiger partial charge in [0.15, 0.2) is 5.96 Å². The standard InChI is InChI=1S/C18H29N5O3S2/c1-5-15-14(16(6-2)26-23-15)12-21-18(19-7-3)20-10-11-22-28(24,25)17-9-8-13(4)27-17/h8-9,22H,5-7,10-12H2,1-4H3,(H2,19,20,21). The third-order valence-electron chi connectivity index (χ3n) is 4.04. The van der Waals surface area contributed by atoms with Gasteiger partial charge in [-0.25, -0.2) is 18.1 Å². The number of aryl methyl sites for hydroxylation is 3. The normalized spacial score (nSPS) is 12.4. The molecule has 8 nitrogen and oxygen atoms in total. The summed E-state index contributed by atoms with van der Waals surface area (Å²) < 4.78 is 32.8. The third kappa shape index (κ3) is 6.05. The van der Waals surface area contributed by atoms with Crippen molar-refractivity contribution in [1.29, 1.82) is 0 Å². The quantitative estimate of drug-likeness (QED) is 0.305. The van der Waals surface area contributed by atoms with Gasteiger partial charge in [0.2, 0.25) is 10.0 Å². The Morgan fingerprint density at radius 2 is 1.96 bits per heavy atom. The summed E-state index contributed by atoms with van der Waals surface area (Å²) in [5, 5.41) is 10.4. The van der Waals surface area contributed by atoms with Gasteiger partial charge in [-0.2, -0.15) is 0 Å². The van der Waals surface area contributed by atoms with Crippen LogP contribution in [0, 0.1) is 6.92 Å². The van der Waals surface area contributed by atoms with Crippen molar-refractivity contribution in [3.05, 3.63) is 34.0 Å². The topological polar surface area (TPSA) is 109 Å². The molecule has 2 aromatic rings. The van der Waals surface area contributed by atoms with Gasteiger partial charge in [0.1, 0.15) is 9.97 Å². The van der Waals surface area contributed by atoms with Crippen LogP contribution >= 0.6 is 11.3 Å². The fraction of sp³-hybridized carbons (Fsp3) is 0.556.